The molecule has 0 fully saturated rings. The number of Topliss-reactive ketones (excluding diaryl/α,β-unsaturated/α-hetero) is 2. The van der Waals surface area contributed by atoms with Crippen molar-refractivity contribution in [3.8, 4) is 11.5 Å². The van der Waals surface area contributed by atoms with Gasteiger partial charge >= 0.3 is 0 Å². The van der Waals surface area contributed by atoms with Gasteiger partial charge in [0.25, 0.3) is 0 Å². The average Bonchev–Trinajstić information content (AvgIpc) is 2.36. The Kier molecular flexibility index (Phi) is 4.70. The van der Waals surface area contributed by atoms with Crippen LogP contribution >= 0.6 is 0 Å². The van der Waals surface area contributed by atoms with Crippen LogP contribution in [0.1, 0.15) is 37.6 Å². The molecule has 19 heavy (non-hydrogen) atoms. The molecule has 1 aromatic carbocycles. The van der Waals surface area contributed by atoms with Crippen LogP contribution in [0.5, 0.6) is 11.5 Å². The molecule has 0 bridgehead atoms. The summed E-state index contributed by atoms with van der Waals surface area (Å²) in [6, 6.07) is 5.05. The van der Waals surface area contributed by atoms with Crippen LogP contribution in [0.4, 0.5) is 0 Å². The molecule has 0 saturated heterocycles. The van der Waals surface area contributed by atoms with Gasteiger partial charge in [-0.2, -0.15) is 0 Å². The van der Waals surface area contributed by atoms with Crippen molar-refractivity contribution >= 4 is 11.6 Å². The highest BCUT2D eigenvalue weighted by Gasteiger charge is 2.26. The molecule has 0 saturated carbocycles. The van der Waals surface area contributed by atoms with Crippen molar-refractivity contribution in [2.75, 3.05) is 14.2 Å². The van der Waals surface area contributed by atoms with E-state index in [0.29, 0.717) is 17.1 Å². The summed E-state index contributed by atoms with van der Waals surface area (Å²) in [6.45, 7) is 5.39. The summed E-state index contributed by atoms with van der Waals surface area (Å²) in [5, 5.41) is 0. The number of carbonyl (C=O) groups excluding carboxylic acids is 2. The first-order chi connectivity index (χ1) is 8.81. The first-order valence-electron chi connectivity index (χ1n) is 6.08. The van der Waals surface area contributed by atoms with Crippen molar-refractivity contribution < 1.29 is 19.1 Å². The van der Waals surface area contributed by atoms with Crippen LogP contribution in [-0.4, -0.2) is 25.8 Å². The Morgan fingerprint density at radius 3 is 2.21 bits per heavy atom. The van der Waals surface area contributed by atoms with E-state index in [1.165, 1.54) is 14.2 Å². The van der Waals surface area contributed by atoms with E-state index in [1.807, 2.05) is 0 Å². The monoisotopic (exact) mass is 264 g/mol. The fraction of sp³-hybridized carbons (Fsp3) is 0.467. The number of rotatable bonds is 5. The zero-order valence-electron chi connectivity index (χ0n) is 12.1. The van der Waals surface area contributed by atoms with Gasteiger partial charge in [-0.3, -0.25) is 9.59 Å². The zero-order chi connectivity index (χ0) is 14.6. The lowest BCUT2D eigenvalue weighted by atomic mass is 9.87. The molecule has 0 spiro atoms. The molecule has 4 heteroatoms. The van der Waals surface area contributed by atoms with Gasteiger partial charge < -0.3 is 9.47 Å². The van der Waals surface area contributed by atoms with Crippen LogP contribution < -0.4 is 9.47 Å². The standard InChI is InChI=1S/C15H20O4/c1-15(2,3)13(17)9-11(16)10-7-6-8-12(18-4)14(10)19-5/h6-8H,9H2,1-5H3. The number of ketones is 2. The Labute approximate surface area is 113 Å². The Morgan fingerprint density at radius 1 is 1.11 bits per heavy atom. The largest absolute Gasteiger partial charge is 0.493 e. The van der Waals surface area contributed by atoms with Crippen molar-refractivity contribution in [3.63, 3.8) is 0 Å². The van der Waals surface area contributed by atoms with Gasteiger partial charge in [0.15, 0.2) is 17.3 Å². The molecule has 104 valence electrons. The predicted octanol–water partition coefficient (Wildman–Crippen LogP) is 2.89. The van der Waals surface area contributed by atoms with E-state index in [2.05, 4.69) is 0 Å². The first kappa shape index (κ1) is 15.2. The number of benzene rings is 1. The van der Waals surface area contributed by atoms with Crippen LogP contribution in [0.2, 0.25) is 0 Å². The number of methoxy groups -OCH3 is 2. The normalized spacial score (nSPS) is 11.0. The van der Waals surface area contributed by atoms with Gasteiger partial charge in [-0.25, -0.2) is 0 Å². The molecule has 0 aliphatic heterocycles. The molecular formula is C15H20O4. The maximum absolute atomic E-state index is 12.2. The average molecular weight is 264 g/mol. The van der Waals surface area contributed by atoms with Crippen LogP contribution in [0.15, 0.2) is 18.2 Å². The van der Waals surface area contributed by atoms with E-state index in [-0.39, 0.29) is 18.0 Å². The molecule has 4 nitrogen and oxygen atoms in total. The van der Waals surface area contributed by atoms with E-state index >= 15 is 0 Å². The highest BCUT2D eigenvalue weighted by atomic mass is 16.5. The van der Waals surface area contributed by atoms with Gasteiger partial charge in [-0.05, 0) is 12.1 Å². The van der Waals surface area contributed by atoms with E-state index in [9.17, 15) is 9.59 Å². The van der Waals surface area contributed by atoms with Gasteiger partial charge in [0.2, 0.25) is 0 Å². The van der Waals surface area contributed by atoms with E-state index in [1.54, 1.807) is 39.0 Å². The van der Waals surface area contributed by atoms with Crippen LogP contribution in [0.3, 0.4) is 0 Å². The lowest BCUT2D eigenvalue weighted by Gasteiger charge is -2.17. The lowest BCUT2D eigenvalue weighted by molar-refractivity contribution is -0.125. The molecule has 0 amide bonds. The maximum atomic E-state index is 12.2. The van der Waals surface area contributed by atoms with Crippen molar-refractivity contribution in [2.24, 2.45) is 5.41 Å². The molecule has 0 aliphatic rings. The number of hydrogen-bond donors (Lipinski definition) is 0. The molecule has 0 atom stereocenters. The summed E-state index contributed by atoms with van der Waals surface area (Å²) < 4.78 is 10.3. The minimum absolute atomic E-state index is 0.0950. The summed E-state index contributed by atoms with van der Waals surface area (Å²) in [5.74, 6) is 0.506. The number of hydrogen-bond acceptors (Lipinski definition) is 4. The minimum atomic E-state index is -0.526. The molecule has 0 aliphatic carbocycles. The van der Waals surface area contributed by atoms with E-state index < -0.39 is 5.41 Å². The van der Waals surface area contributed by atoms with Crippen LogP contribution in [0.25, 0.3) is 0 Å². The minimum Gasteiger partial charge on any atom is -0.493 e. The molecule has 0 radical (unpaired) electrons. The molecule has 0 heterocycles. The first-order valence-corrected chi connectivity index (χ1v) is 6.08. The second-order valence-electron chi connectivity index (χ2n) is 5.31. The highest BCUT2D eigenvalue weighted by Crippen LogP contribution is 2.32. The van der Waals surface area contributed by atoms with Crippen molar-refractivity contribution in [2.45, 2.75) is 27.2 Å². The van der Waals surface area contributed by atoms with E-state index in [4.69, 9.17) is 9.47 Å². The summed E-state index contributed by atoms with van der Waals surface area (Å²) in [6.07, 6.45) is -0.132. The summed E-state index contributed by atoms with van der Waals surface area (Å²) >= 11 is 0. The molecule has 1 aromatic rings. The Balaban J connectivity index is 3.04. The fourth-order valence-electron chi connectivity index (χ4n) is 1.61. The lowest BCUT2D eigenvalue weighted by Crippen LogP contribution is -2.23. The third kappa shape index (κ3) is 3.56. The molecule has 1 rings (SSSR count). The second-order valence-corrected chi connectivity index (χ2v) is 5.31. The van der Waals surface area contributed by atoms with Crippen molar-refractivity contribution in [1.29, 1.82) is 0 Å². The molecule has 0 aromatic heterocycles. The maximum Gasteiger partial charge on any atom is 0.174 e. The molecule has 0 N–H and O–H groups in total. The van der Waals surface area contributed by atoms with Crippen molar-refractivity contribution in [3.05, 3.63) is 23.8 Å². The predicted molar refractivity (Wildman–Crippen MR) is 73.0 cm³/mol. The SMILES string of the molecule is COc1cccc(C(=O)CC(=O)C(C)(C)C)c1OC. The Morgan fingerprint density at radius 2 is 1.74 bits per heavy atom. The van der Waals surface area contributed by atoms with Gasteiger partial charge in [-0.1, -0.05) is 26.8 Å². The van der Waals surface area contributed by atoms with Crippen LogP contribution in [-0.2, 0) is 4.79 Å². The smallest absolute Gasteiger partial charge is 0.174 e. The Bertz CT molecular complexity index is 483. The summed E-state index contributed by atoms with van der Waals surface area (Å²) in [4.78, 5) is 24.1. The quantitative estimate of drug-likeness (QED) is 0.606. The number of carbonyl (C=O) groups is 2. The zero-order valence-corrected chi connectivity index (χ0v) is 12.1. The van der Waals surface area contributed by atoms with Gasteiger partial charge in [0.05, 0.1) is 26.2 Å². The number of ether oxygens (including phenoxy) is 2. The van der Waals surface area contributed by atoms with E-state index in [0.717, 1.165) is 0 Å². The molecule has 0 unspecified atom stereocenters. The molecular weight excluding hydrogens is 244 g/mol. The summed E-state index contributed by atoms with van der Waals surface area (Å²) in [5.41, 5.74) is -0.152. The van der Waals surface area contributed by atoms with Crippen molar-refractivity contribution in [1.82, 2.24) is 0 Å². The second kappa shape index (κ2) is 5.87. The summed E-state index contributed by atoms with van der Waals surface area (Å²) in [7, 11) is 2.98. The third-order valence-corrected chi connectivity index (χ3v) is 2.86. The van der Waals surface area contributed by atoms with Gasteiger partial charge in [0, 0.05) is 5.41 Å². The van der Waals surface area contributed by atoms with Gasteiger partial charge in [-0.15, -0.1) is 0 Å². The van der Waals surface area contributed by atoms with Gasteiger partial charge in [0.1, 0.15) is 5.78 Å². The van der Waals surface area contributed by atoms with Crippen LogP contribution in [0, 0.1) is 5.41 Å². The topological polar surface area (TPSA) is 52.6 Å². The number of para-hydroxylation sites is 1. The Hall–Kier alpha value is -1.84. The third-order valence-electron chi connectivity index (χ3n) is 2.86. The fourth-order valence-corrected chi connectivity index (χ4v) is 1.61. The highest BCUT2D eigenvalue weighted by molar-refractivity contribution is 6.10.